The fourth-order valence-electron chi connectivity index (χ4n) is 5.13. The lowest BCUT2D eigenvalue weighted by Crippen LogP contribution is -2.64. The highest BCUT2D eigenvalue weighted by molar-refractivity contribution is 9.10. The van der Waals surface area contributed by atoms with Crippen molar-refractivity contribution in [2.24, 2.45) is 11.3 Å². The van der Waals surface area contributed by atoms with Gasteiger partial charge >= 0.3 is 0 Å². The fraction of sp³-hybridized carbons (Fsp3) is 0.727. The smallest absolute Gasteiger partial charge is 0.133 e. The Morgan fingerprint density at radius 1 is 1.30 bits per heavy atom. The van der Waals surface area contributed by atoms with Crippen molar-refractivity contribution in [1.82, 2.24) is 10.2 Å². The van der Waals surface area contributed by atoms with Crippen LogP contribution in [-0.2, 0) is 6.42 Å². The van der Waals surface area contributed by atoms with Crippen LogP contribution in [0.25, 0.3) is 0 Å². The average molecular weight is 437 g/mol. The minimum Gasteiger partial charge on any atom is -0.489 e. The standard InChI is InChI=1S/C22H33BrN2O2/c1-16(26)10-18-2-3-21(20(23)11-18)27-19-12-22(13-19)14-25(15-22)9-6-17-4-7-24-8-5-17/h2-3,11,16-17,19,24,26H,4-10,12-15H2,1H3. The topological polar surface area (TPSA) is 44.7 Å². The van der Waals surface area contributed by atoms with Gasteiger partial charge in [-0.2, -0.15) is 0 Å². The molecule has 0 radical (unpaired) electrons. The number of aliphatic hydroxyl groups excluding tert-OH is 1. The minimum absolute atomic E-state index is 0.313. The zero-order valence-electron chi connectivity index (χ0n) is 16.4. The number of halogens is 1. The fourth-order valence-corrected chi connectivity index (χ4v) is 5.65. The molecule has 3 aliphatic rings. The molecule has 1 aliphatic carbocycles. The van der Waals surface area contributed by atoms with Crippen LogP contribution in [0.5, 0.6) is 5.75 Å². The van der Waals surface area contributed by atoms with Crippen molar-refractivity contribution in [2.75, 3.05) is 32.7 Å². The van der Waals surface area contributed by atoms with Crippen molar-refractivity contribution in [3.8, 4) is 5.75 Å². The molecule has 1 aromatic rings. The van der Waals surface area contributed by atoms with E-state index in [2.05, 4.69) is 38.3 Å². The van der Waals surface area contributed by atoms with E-state index in [-0.39, 0.29) is 6.10 Å². The monoisotopic (exact) mass is 436 g/mol. The minimum atomic E-state index is -0.313. The normalized spacial score (nSPS) is 24.4. The first-order valence-electron chi connectivity index (χ1n) is 10.6. The van der Waals surface area contributed by atoms with Crippen LogP contribution in [-0.4, -0.2) is 54.9 Å². The molecule has 0 aromatic heterocycles. The third kappa shape index (κ3) is 4.87. The number of piperidine rings is 1. The van der Waals surface area contributed by atoms with Gasteiger partial charge in [0.2, 0.25) is 0 Å². The van der Waals surface area contributed by atoms with E-state index in [1.807, 2.05) is 13.0 Å². The van der Waals surface area contributed by atoms with Gasteiger partial charge < -0.3 is 20.1 Å². The summed E-state index contributed by atoms with van der Waals surface area (Å²) in [7, 11) is 0. The summed E-state index contributed by atoms with van der Waals surface area (Å²) in [6.07, 6.45) is 7.21. The van der Waals surface area contributed by atoms with Crippen LogP contribution >= 0.6 is 15.9 Å². The number of hydrogen-bond donors (Lipinski definition) is 2. The largest absolute Gasteiger partial charge is 0.489 e. The second-order valence-corrected chi connectivity index (χ2v) is 10.0. The maximum absolute atomic E-state index is 9.53. The Morgan fingerprint density at radius 3 is 2.70 bits per heavy atom. The number of nitrogens with zero attached hydrogens (tertiary/aromatic N) is 1. The van der Waals surface area contributed by atoms with E-state index < -0.39 is 0 Å². The highest BCUT2D eigenvalue weighted by atomic mass is 79.9. The molecular formula is C22H33BrN2O2. The quantitative estimate of drug-likeness (QED) is 0.684. The van der Waals surface area contributed by atoms with E-state index in [1.165, 1.54) is 64.8 Å². The number of hydrogen-bond acceptors (Lipinski definition) is 4. The number of ether oxygens (including phenoxy) is 1. The summed E-state index contributed by atoms with van der Waals surface area (Å²) < 4.78 is 7.23. The third-order valence-electron chi connectivity index (χ3n) is 6.57. The number of aliphatic hydroxyl groups is 1. The van der Waals surface area contributed by atoms with Crippen LogP contribution in [0, 0.1) is 11.3 Å². The van der Waals surface area contributed by atoms with Crippen molar-refractivity contribution < 1.29 is 9.84 Å². The molecule has 3 fully saturated rings. The molecule has 150 valence electrons. The van der Waals surface area contributed by atoms with Crippen LogP contribution in [0.2, 0.25) is 0 Å². The number of likely N-dealkylation sites (tertiary alicyclic amines) is 1. The van der Waals surface area contributed by atoms with Gasteiger partial charge in [-0.1, -0.05) is 6.07 Å². The summed E-state index contributed by atoms with van der Waals surface area (Å²) in [5.41, 5.74) is 1.68. The molecule has 4 nitrogen and oxygen atoms in total. The molecule has 2 heterocycles. The second kappa shape index (κ2) is 8.40. The Morgan fingerprint density at radius 2 is 2.04 bits per heavy atom. The van der Waals surface area contributed by atoms with Crippen LogP contribution in [0.3, 0.4) is 0 Å². The van der Waals surface area contributed by atoms with E-state index >= 15 is 0 Å². The summed E-state index contributed by atoms with van der Waals surface area (Å²) >= 11 is 3.63. The maximum Gasteiger partial charge on any atom is 0.133 e. The van der Waals surface area contributed by atoms with Gasteiger partial charge in [0, 0.05) is 18.5 Å². The van der Waals surface area contributed by atoms with E-state index in [0.717, 1.165) is 21.7 Å². The van der Waals surface area contributed by atoms with Crippen LogP contribution in [0.15, 0.2) is 22.7 Å². The average Bonchev–Trinajstić information content (AvgIpc) is 2.57. The lowest BCUT2D eigenvalue weighted by atomic mass is 9.61. The molecule has 2 N–H and O–H groups in total. The van der Waals surface area contributed by atoms with Crippen molar-refractivity contribution in [2.45, 2.75) is 57.7 Å². The van der Waals surface area contributed by atoms with E-state index in [4.69, 9.17) is 4.74 Å². The molecule has 2 saturated heterocycles. The van der Waals surface area contributed by atoms with Gasteiger partial charge in [0.15, 0.2) is 0 Å². The Bertz CT molecular complexity index is 631. The van der Waals surface area contributed by atoms with Gasteiger partial charge in [0.05, 0.1) is 10.6 Å². The predicted molar refractivity (Wildman–Crippen MR) is 112 cm³/mol. The third-order valence-corrected chi connectivity index (χ3v) is 7.19. The second-order valence-electron chi connectivity index (χ2n) is 9.16. The first-order chi connectivity index (χ1) is 13.0. The summed E-state index contributed by atoms with van der Waals surface area (Å²) in [5.74, 6) is 1.88. The lowest BCUT2D eigenvalue weighted by molar-refractivity contribution is -0.120. The Hall–Kier alpha value is -0.620. The highest BCUT2D eigenvalue weighted by Crippen LogP contribution is 2.50. The Balaban J connectivity index is 1.17. The zero-order valence-corrected chi connectivity index (χ0v) is 18.0. The molecule has 1 aromatic carbocycles. The highest BCUT2D eigenvalue weighted by Gasteiger charge is 2.53. The summed E-state index contributed by atoms with van der Waals surface area (Å²) in [6, 6.07) is 6.17. The van der Waals surface area contributed by atoms with Gasteiger partial charge in [-0.25, -0.2) is 0 Å². The number of benzene rings is 1. The molecule has 2 aliphatic heterocycles. The van der Waals surface area contributed by atoms with Crippen molar-refractivity contribution >= 4 is 15.9 Å². The number of rotatable bonds is 7. The van der Waals surface area contributed by atoms with Gasteiger partial charge in [0.25, 0.3) is 0 Å². The first-order valence-corrected chi connectivity index (χ1v) is 11.4. The predicted octanol–water partition coefficient (Wildman–Crippen LogP) is 3.61. The van der Waals surface area contributed by atoms with Crippen LogP contribution in [0.1, 0.15) is 44.6 Å². The van der Waals surface area contributed by atoms with Crippen LogP contribution < -0.4 is 10.1 Å². The molecule has 1 atom stereocenters. The van der Waals surface area contributed by atoms with Crippen LogP contribution in [0.4, 0.5) is 0 Å². The molecular weight excluding hydrogens is 404 g/mol. The molecule has 5 heteroatoms. The summed E-state index contributed by atoms with van der Waals surface area (Å²) in [6.45, 7) is 8.07. The molecule has 1 unspecified atom stereocenters. The Labute approximate surface area is 171 Å². The van der Waals surface area contributed by atoms with Crippen molar-refractivity contribution in [3.05, 3.63) is 28.2 Å². The van der Waals surface area contributed by atoms with Gasteiger partial charge in [-0.3, -0.25) is 0 Å². The molecule has 27 heavy (non-hydrogen) atoms. The molecule has 0 bridgehead atoms. The Kier molecular flexibility index (Phi) is 6.12. The van der Waals surface area contributed by atoms with E-state index in [1.54, 1.807) is 0 Å². The first kappa shape index (κ1) is 19.7. The summed E-state index contributed by atoms with van der Waals surface area (Å²) in [5, 5.41) is 13.0. The van der Waals surface area contributed by atoms with E-state index in [9.17, 15) is 5.11 Å². The van der Waals surface area contributed by atoms with Gasteiger partial charge in [-0.15, -0.1) is 0 Å². The van der Waals surface area contributed by atoms with E-state index in [0.29, 0.717) is 17.9 Å². The maximum atomic E-state index is 9.53. The van der Waals surface area contributed by atoms with Gasteiger partial charge in [-0.05, 0) is 105 Å². The zero-order chi connectivity index (χ0) is 18.9. The molecule has 1 saturated carbocycles. The van der Waals surface area contributed by atoms with Gasteiger partial charge in [0.1, 0.15) is 11.9 Å². The number of nitrogens with one attached hydrogen (secondary N) is 1. The molecule has 4 rings (SSSR count). The SMILES string of the molecule is CC(O)Cc1ccc(OC2CC3(C2)CN(CCC2CCNCC2)C3)c(Br)c1. The molecule has 1 spiro atoms. The molecule has 0 amide bonds. The van der Waals surface area contributed by atoms with Crippen molar-refractivity contribution in [1.29, 1.82) is 0 Å². The van der Waals surface area contributed by atoms with Crippen molar-refractivity contribution in [3.63, 3.8) is 0 Å². The lowest BCUT2D eigenvalue weighted by Gasteiger charge is -2.59. The summed E-state index contributed by atoms with van der Waals surface area (Å²) in [4.78, 5) is 2.65.